The molecule has 0 aliphatic rings. The quantitative estimate of drug-likeness (QED) is 0.527. The summed E-state index contributed by atoms with van der Waals surface area (Å²) in [5, 5.41) is 0. The molecule has 0 spiro atoms. The Morgan fingerprint density at radius 2 is 1.83 bits per heavy atom. The Balaban J connectivity index is 2.16. The number of nitrogens with two attached hydrogens (primary N) is 1. The Bertz CT molecular complexity index is 201. The van der Waals surface area contributed by atoms with Crippen LogP contribution in [0.4, 0.5) is 0 Å². The second kappa shape index (κ2) is 5.71. The lowest BCUT2D eigenvalue weighted by Gasteiger charge is -2.02. The first-order valence-electron chi connectivity index (χ1n) is 3.87. The van der Waals surface area contributed by atoms with Crippen molar-refractivity contribution in [3.05, 3.63) is 35.9 Å². The molecular formula is C9H13NO2. The summed E-state index contributed by atoms with van der Waals surface area (Å²) >= 11 is 0. The van der Waals surface area contributed by atoms with Gasteiger partial charge in [-0.05, 0) is 5.56 Å². The van der Waals surface area contributed by atoms with Gasteiger partial charge in [0.05, 0.1) is 19.8 Å². The van der Waals surface area contributed by atoms with Gasteiger partial charge in [-0.1, -0.05) is 30.3 Å². The molecule has 12 heavy (non-hydrogen) atoms. The van der Waals surface area contributed by atoms with Crippen LogP contribution < -0.4 is 5.90 Å². The van der Waals surface area contributed by atoms with Crippen molar-refractivity contribution >= 4 is 0 Å². The highest BCUT2D eigenvalue weighted by molar-refractivity contribution is 5.13. The Hall–Kier alpha value is -0.900. The molecule has 0 saturated carbocycles. The summed E-state index contributed by atoms with van der Waals surface area (Å²) < 4.78 is 5.26. The van der Waals surface area contributed by atoms with E-state index in [-0.39, 0.29) is 0 Å². The van der Waals surface area contributed by atoms with Gasteiger partial charge in [0.1, 0.15) is 0 Å². The fourth-order valence-electron chi connectivity index (χ4n) is 0.871. The van der Waals surface area contributed by atoms with Gasteiger partial charge in [-0.3, -0.25) is 0 Å². The van der Waals surface area contributed by atoms with E-state index in [1.165, 1.54) is 0 Å². The number of hydrogen-bond acceptors (Lipinski definition) is 3. The van der Waals surface area contributed by atoms with Crippen LogP contribution in [0.25, 0.3) is 0 Å². The third-order valence-corrected chi connectivity index (χ3v) is 1.46. The van der Waals surface area contributed by atoms with Gasteiger partial charge in [0.2, 0.25) is 0 Å². The second-order valence-corrected chi connectivity index (χ2v) is 2.41. The Labute approximate surface area is 72.0 Å². The minimum absolute atomic E-state index is 0.437. The highest BCUT2D eigenvalue weighted by atomic mass is 16.6. The SMILES string of the molecule is NOCCOCc1ccccc1. The molecule has 0 radical (unpaired) electrons. The fourth-order valence-corrected chi connectivity index (χ4v) is 0.871. The predicted molar refractivity (Wildman–Crippen MR) is 46.2 cm³/mol. The molecule has 0 heterocycles. The van der Waals surface area contributed by atoms with E-state index >= 15 is 0 Å². The van der Waals surface area contributed by atoms with Gasteiger partial charge < -0.3 is 9.57 Å². The molecule has 0 aliphatic heterocycles. The van der Waals surface area contributed by atoms with Crippen molar-refractivity contribution in [1.82, 2.24) is 0 Å². The van der Waals surface area contributed by atoms with E-state index in [4.69, 9.17) is 10.6 Å². The van der Waals surface area contributed by atoms with E-state index in [9.17, 15) is 0 Å². The number of ether oxygens (including phenoxy) is 1. The fraction of sp³-hybridized carbons (Fsp3) is 0.333. The van der Waals surface area contributed by atoms with Gasteiger partial charge in [0, 0.05) is 0 Å². The van der Waals surface area contributed by atoms with Crippen LogP contribution in [0.15, 0.2) is 30.3 Å². The molecule has 1 aromatic rings. The van der Waals surface area contributed by atoms with Crippen molar-refractivity contribution < 1.29 is 9.57 Å². The summed E-state index contributed by atoms with van der Waals surface area (Å²) in [5.74, 6) is 4.83. The second-order valence-electron chi connectivity index (χ2n) is 2.41. The van der Waals surface area contributed by atoms with Gasteiger partial charge in [-0.15, -0.1) is 0 Å². The van der Waals surface area contributed by atoms with Crippen LogP contribution in [0, 0.1) is 0 Å². The van der Waals surface area contributed by atoms with Gasteiger partial charge in [0.15, 0.2) is 0 Å². The maximum Gasteiger partial charge on any atom is 0.0913 e. The minimum Gasteiger partial charge on any atom is -0.374 e. The summed E-state index contributed by atoms with van der Waals surface area (Å²) in [6.07, 6.45) is 0. The number of benzene rings is 1. The Kier molecular flexibility index (Phi) is 4.37. The van der Waals surface area contributed by atoms with Crippen molar-refractivity contribution in [3.8, 4) is 0 Å². The molecule has 0 aliphatic carbocycles. The van der Waals surface area contributed by atoms with E-state index < -0.39 is 0 Å². The van der Waals surface area contributed by atoms with Gasteiger partial charge >= 0.3 is 0 Å². The molecule has 0 atom stereocenters. The van der Waals surface area contributed by atoms with Crippen LogP contribution in [-0.2, 0) is 16.2 Å². The zero-order valence-corrected chi connectivity index (χ0v) is 6.90. The van der Waals surface area contributed by atoms with Crippen molar-refractivity contribution in [2.75, 3.05) is 13.2 Å². The largest absolute Gasteiger partial charge is 0.374 e. The molecular weight excluding hydrogens is 154 g/mol. The molecule has 0 unspecified atom stereocenters. The lowest BCUT2D eigenvalue weighted by atomic mass is 10.2. The van der Waals surface area contributed by atoms with Crippen molar-refractivity contribution in [1.29, 1.82) is 0 Å². The minimum atomic E-state index is 0.437. The molecule has 3 heteroatoms. The van der Waals surface area contributed by atoms with Gasteiger partial charge in [-0.2, -0.15) is 0 Å². The smallest absolute Gasteiger partial charge is 0.0913 e. The topological polar surface area (TPSA) is 44.5 Å². The van der Waals surface area contributed by atoms with Crippen LogP contribution in [-0.4, -0.2) is 13.2 Å². The predicted octanol–water partition coefficient (Wildman–Crippen LogP) is 1.09. The van der Waals surface area contributed by atoms with E-state index in [0.29, 0.717) is 19.8 Å². The average molecular weight is 167 g/mol. The zero-order valence-electron chi connectivity index (χ0n) is 6.90. The number of rotatable bonds is 5. The standard InChI is InChI=1S/C9H13NO2/c10-12-7-6-11-8-9-4-2-1-3-5-9/h1-5H,6-8,10H2. The molecule has 0 fully saturated rings. The van der Waals surface area contributed by atoms with Crippen molar-refractivity contribution in [3.63, 3.8) is 0 Å². The molecule has 3 nitrogen and oxygen atoms in total. The highest BCUT2D eigenvalue weighted by Crippen LogP contribution is 1.99. The summed E-state index contributed by atoms with van der Waals surface area (Å²) in [6, 6.07) is 9.98. The maximum absolute atomic E-state index is 5.26. The monoisotopic (exact) mass is 167 g/mol. The van der Waals surface area contributed by atoms with Crippen LogP contribution in [0.2, 0.25) is 0 Å². The van der Waals surface area contributed by atoms with Gasteiger partial charge in [0.25, 0.3) is 0 Å². The Morgan fingerprint density at radius 1 is 1.08 bits per heavy atom. The molecule has 1 rings (SSSR count). The maximum atomic E-state index is 5.26. The first kappa shape index (κ1) is 9.19. The first-order valence-corrected chi connectivity index (χ1v) is 3.87. The molecule has 0 bridgehead atoms. The zero-order chi connectivity index (χ0) is 8.65. The van der Waals surface area contributed by atoms with Crippen LogP contribution >= 0.6 is 0 Å². The van der Waals surface area contributed by atoms with E-state index in [2.05, 4.69) is 4.84 Å². The third kappa shape index (κ3) is 3.48. The average Bonchev–Trinajstić information content (AvgIpc) is 2.14. The highest BCUT2D eigenvalue weighted by Gasteiger charge is 1.90. The lowest BCUT2D eigenvalue weighted by Crippen LogP contribution is -2.07. The number of hydrogen-bond donors (Lipinski definition) is 1. The first-order chi connectivity index (χ1) is 5.93. The molecule has 2 N–H and O–H groups in total. The van der Waals surface area contributed by atoms with Gasteiger partial charge in [-0.25, -0.2) is 5.90 Å². The van der Waals surface area contributed by atoms with Crippen molar-refractivity contribution in [2.24, 2.45) is 5.90 Å². The molecule has 0 saturated heterocycles. The van der Waals surface area contributed by atoms with E-state index in [0.717, 1.165) is 5.56 Å². The molecule has 0 amide bonds. The molecule has 66 valence electrons. The van der Waals surface area contributed by atoms with E-state index in [1.54, 1.807) is 0 Å². The summed E-state index contributed by atoms with van der Waals surface area (Å²) in [7, 11) is 0. The Morgan fingerprint density at radius 3 is 2.50 bits per heavy atom. The van der Waals surface area contributed by atoms with Crippen LogP contribution in [0.5, 0.6) is 0 Å². The molecule has 0 aromatic heterocycles. The van der Waals surface area contributed by atoms with Crippen LogP contribution in [0.1, 0.15) is 5.56 Å². The van der Waals surface area contributed by atoms with Crippen molar-refractivity contribution in [2.45, 2.75) is 6.61 Å². The third-order valence-electron chi connectivity index (χ3n) is 1.46. The normalized spacial score (nSPS) is 10.1. The van der Waals surface area contributed by atoms with Crippen LogP contribution in [0.3, 0.4) is 0 Å². The lowest BCUT2D eigenvalue weighted by molar-refractivity contribution is 0.0405. The summed E-state index contributed by atoms with van der Waals surface area (Å²) in [5.41, 5.74) is 1.16. The molecule has 1 aromatic carbocycles. The summed E-state index contributed by atoms with van der Waals surface area (Å²) in [6.45, 7) is 1.59. The summed E-state index contributed by atoms with van der Waals surface area (Å²) in [4.78, 5) is 4.35. The van der Waals surface area contributed by atoms with E-state index in [1.807, 2.05) is 30.3 Å².